The molecule has 1 rings (SSSR count). The molecule has 0 bridgehead atoms. The molecule has 26 heavy (non-hydrogen) atoms. The summed E-state index contributed by atoms with van der Waals surface area (Å²) in [4.78, 5) is 24.5. The summed E-state index contributed by atoms with van der Waals surface area (Å²) >= 11 is 0. The van der Waals surface area contributed by atoms with Crippen molar-refractivity contribution in [3.8, 4) is 0 Å². The average Bonchev–Trinajstić information content (AvgIpc) is 2.62. The van der Waals surface area contributed by atoms with Crippen molar-refractivity contribution in [3.05, 3.63) is 0 Å². The van der Waals surface area contributed by atoms with Gasteiger partial charge < -0.3 is 51.3 Å². The molecule has 1 aliphatic heterocycles. The lowest BCUT2D eigenvalue weighted by Crippen LogP contribution is -2.70. The van der Waals surface area contributed by atoms with E-state index in [0.29, 0.717) is 6.92 Å². The summed E-state index contributed by atoms with van der Waals surface area (Å²) in [5.74, 6) is -2.89. The molecule has 12 heteroatoms. The molecule has 0 aromatic carbocycles. The third-order valence-electron chi connectivity index (χ3n) is 4.48. The predicted octanol–water partition coefficient (Wildman–Crippen LogP) is -6.24. The molecular formula is C14H25NO11. The Bertz CT molecular complexity index is 515. The molecule has 0 aliphatic carbocycles. The van der Waals surface area contributed by atoms with Crippen LogP contribution < -0.4 is 5.73 Å². The first-order valence-electron chi connectivity index (χ1n) is 7.75. The third kappa shape index (κ3) is 3.94. The first kappa shape index (κ1) is 23.0. The van der Waals surface area contributed by atoms with Gasteiger partial charge in [-0.15, -0.1) is 0 Å². The Morgan fingerprint density at radius 2 is 1.69 bits per heavy atom. The minimum atomic E-state index is -3.31. The van der Waals surface area contributed by atoms with E-state index in [1.165, 1.54) is 0 Å². The Balaban J connectivity index is 3.23. The minimum Gasteiger partial charge on any atom is -0.394 e. The summed E-state index contributed by atoms with van der Waals surface area (Å²) in [5, 5.41) is 77.2. The maximum atomic E-state index is 12.7. The lowest BCUT2D eigenvalue weighted by atomic mass is 9.78. The van der Waals surface area contributed by atoms with Crippen molar-refractivity contribution in [2.24, 2.45) is 5.73 Å². The minimum absolute atomic E-state index is 0.711. The smallest absolute Gasteiger partial charge is 0.212 e. The Morgan fingerprint density at radius 1 is 1.15 bits per heavy atom. The van der Waals surface area contributed by atoms with Gasteiger partial charge in [-0.25, -0.2) is 0 Å². The van der Waals surface area contributed by atoms with Crippen molar-refractivity contribution in [2.75, 3.05) is 13.2 Å². The van der Waals surface area contributed by atoms with Gasteiger partial charge >= 0.3 is 0 Å². The zero-order valence-electron chi connectivity index (χ0n) is 13.9. The SMILES string of the molecule is CC(=O)[C@](O)(C(=O)C1O[C@H](CO)[C@H](O)[C@H](O)[C@H]1N)[C@@H](O)[C@H](O)[C@H](O)CO. The molecular weight excluding hydrogens is 358 g/mol. The van der Waals surface area contributed by atoms with Gasteiger partial charge in [-0.2, -0.15) is 0 Å². The molecule has 0 aromatic heterocycles. The van der Waals surface area contributed by atoms with E-state index in [9.17, 15) is 40.2 Å². The third-order valence-corrected chi connectivity index (χ3v) is 4.48. The van der Waals surface area contributed by atoms with Gasteiger partial charge in [0, 0.05) is 0 Å². The van der Waals surface area contributed by atoms with Crippen LogP contribution in [0.1, 0.15) is 6.92 Å². The number of aliphatic hydroxyl groups excluding tert-OH is 7. The molecule has 9 atom stereocenters. The average molecular weight is 383 g/mol. The Hall–Kier alpha value is -1.06. The van der Waals surface area contributed by atoms with Crippen LogP contribution in [0, 0.1) is 0 Å². The van der Waals surface area contributed by atoms with Crippen molar-refractivity contribution in [1.29, 1.82) is 0 Å². The van der Waals surface area contributed by atoms with Gasteiger partial charge in [-0.3, -0.25) is 9.59 Å². The van der Waals surface area contributed by atoms with Gasteiger partial charge in [-0.05, 0) is 6.92 Å². The number of ketones is 2. The lowest BCUT2D eigenvalue weighted by Gasteiger charge is -2.43. The van der Waals surface area contributed by atoms with Crippen molar-refractivity contribution in [2.45, 2.75) is 61.3 Å². The normalized spacial score (nSPS) is 35.2. The van der Waals surface area contributed by atoms with Gasteiger partial charge in [0.05, 0.1) is 19.3 Å². The maximum absolute atomic E-state index is 12.7. The zero-order valence-corrected chi connectivity index (χ0v) is 13.9. The number of hydrogen-bond donors (Lipinski definition) is 9. The Morgan fingerprint density at radius 3 is 2.12 bits per heavy atom. The number of hydrogen-bond acceptors (Lipinski definition) is 12. The molecule has 0 aromatic rings. The maximum Gasteiger partial charge on any atom is 0.212 e. The molecule has 0 saturated carbocycles. The van der Waals surface area contributed by atoms with E-state index < -0.39 is 79.2 Å². The summed E-state index contributed by atoms with van der Waals surface area (Å²) in [6.07, 6.45) is -13.7. The second-order valence-corrected chi connectivity index (χ2v) is 6.21. The van der Waals surface area contributed by atoms with Crippen LogP contribution in [0.15, 0.2) is 0 Å². The van der Waals surface area contributed by atoms with Gasteiger partial charge in [0.2, 0.25) is 11.4 Å². The van der Waals surface area contributed by atoms with Crippen molar-refractivity contribution >= 4 is 11.6 Å². The van der Waals surface area contributed by atoms with Crippen molar-refractivity contribution in [3.63, 3.8) is 0 Å². The molecule has 1 unspecified atom stereocenters. The fraction of sp³-hybridized carbons (Fsp3) is 0.857. The highest BCUT2D eigenvalue weighted by molar-refractivity contribution is 6.12. The van der Waals surface area contributed by atoms with Crippen LogP contribution in [-0.4, -0.2) is 120 Å². The number of ether oxygens (including phenoxy) is 1. The van der Waals surface area contributed by atoms with E-state index in [0.717, 1.165) is 0 Å². The molecule has 0 spiro atoms. The fourth-order valence-electron chi connectivity index (χ4n) is 2.68. The van der Waals surface area contributed by atoms with Crippen LogP contribution in [0.25, 0.3) is 0 Å². The zero-order chi connectivity index (χ0) is 20.4. The van der Waals surface area contributed by atoms with E-state index in [2.05, 4.69) is 0 Å². The molecule has 152 valence electrons. The monoisotopic (exact) mass is 383 g/mol. The van der Waals surface area contributed by atoms with Crippen LogP contribution in [0.3, 0.4) is 0 Å². The van der Waals surface area contributed by atoms with Crippen LogP contribution in [0.4, 0.5) is 0 Å². The molecule has 10 N–H and O–H groups in total. The largest absolute Gasteiger partial charge is 0.394 e. The molecule has 12 nitrogen and oxygen atoms in total. The van der Waals surface area contributed by atoms with E-state index in [1.54, 1.807) is 0 Å². The highest BCUT2D eigenvalue weighted by Gasteiger charge is 2.58. The number of rotatable bonds is 8. The Labute approximate surface area is 148 Å². The van der Waals surface area contributed by atoms with E-state index in [-0.39, 0.29) is 0 Å². The standard InChI is InChI=1S/C14H25NO11/c1-4(18)14(25,12(23)8(20)5(19)2-16)13(24)11-7(15)10(22)9(21)6(3-17)26-11/h5-12,16-17,19-23,25H,2-3,15H2,1H3/t5-,6-,7-,8-,9+,10-,11?,12+,14-/m1/s1. The summed E-state index contributed by atoms with van der Waals surface area (Å²) in [6, 6.07) is -1.64. The Kier molecular flexibility index (Phi) is 7.74. The van der Waals surface area contributed by atoms with Gasteiger partial charge in [0.25, 0.3) is 0 Å². The van der Waals surface area contributed by atoms with Crippen LogP contribution in [0.5, 0.6) is 0 Å². The number of Topliss-reactive ketones (excluding diaryl/α,β-unsaturated/α-hetero) is 2. The highest BCUT2D eigenvalue weighted by atomic mass is 16.5. The quantitative estimate of drug-likeness (QED) is 0.178. The highest BCUT2D eigenvalue weighted by Crippen LogP contribution is 2.27. The second-order valence-electron chi connectivity index (χ2n) is 6.21. The van der Waals surface area contributed by atoms with Gasteiger partial charge in [0.1, 0.15) is 42.7 Å². The molecule has 0 radical (unpaired) electrons. The number of carbonyl (C=O) groups excluding carboxylic acids is 2. The van der Waals surface area contributed by atoms with Gasteiger partial charge in [-0.1, -0.05) is 0 Å². The van der Waals surface area contributed by atoms with Gasteiger partial charge in [0.15, 0.2) is 5.78 Å². The van der Waals surface area contributed by atoms with Crippen LogP contribution in [-0.2, 0) is 14.3 Å². The topological polar surface area (TPSA) is 231 Å². The number of aliphatic hydroxyl groups is 8. The van der Waals surface area contributed by atoms with E-state index in [4.69, 9.17) is 20.7 Å². The summed E-state index contributed by atoms with van der Waals surface area (Å²) < 4.78 is 5.05. The molecule has 1 fully saturated rings. The number of carbonyl (C=O) groups is 2. The summed E-state index contributed by atoms with van der Waals surface area (Å²) in [5.41, 5.74) is 2.29. The molecule has 1 saturated heterocycles. The molecule has 0 amide bonds. The summed E-state index contributed by atoms with van der Waals surface area (Å²) in [6.45, 7) is -1.17. The summed E-state index contributed by atoms with van der Waals surface area (Å²) in [7, 11) is 0. The van der Waals surface area contributed by atoms with E-state index >= 15 is 0 Å². The fourth-order valence-corrected chi connectivity index (χ4v) is 2.68. The number of nitrogens with two attached hydrogens (primary N) is 1. The first-order valence-corrected chi connectivity index (χ1v) is 7.75. The van der Waals surface area contributed by atoms with E-state index in [1.807, 2.05) is 0 Å². The van der Waals surface area contributed by atoms with Crippen LogP contribution >= 0.6 is 0 Å². The lowest BCUT2D eigenvalue weighted by molar-refractivity contribution is -0.211. The predicted molar refractivity (Wildman–Crippen MR) is 81.5 cm³/mol. The van der Waals surface area contributed by atoms with Crippen molar-refractivity contribution < 1.29 is 55.2 Å². The van der Waals surface area contributed by atoms with Crippen molar-refractivity contribution in [1.82, 2.24) is 0 Å². The first-order chi connectivity index (χ1) is 11.9. The molecule has 1 heterocycles. The second kappa shape index (κ2) is 8.75. The van der Waals surface area contributed by atoms with Crippen LogP contribution in [0.2, 0.25) is 0 Å². The molecule has 1 aliphatic rings.